The number of hydrogen-bond acceptors (Lipinski definition) is 7. The van der Waals surface area contributed by atoms with E-state index in [9.17, 15) is 19.5 Å². The Kier molecular flexibility index (Phi) is 10.7. The zero-order chi connectivity index (χ0) is 22.2. The fourth-order valence-corrected chi connectivity index (χ4v) is 1.87. The molecule has 0 aliphatic rings. The monoisotopic (exact) mass is 402 g/mol. The maximum atomic E-state index is 12.6. The van der Waals surface area contributed by atoms with E-state index in [0.717, 1.165) is 0 Å². The summed E-state index contributed by atoms with van der Waals surface area (Å²) in [6.07, 6.45) is -2.64. The molecule has 1 N–H and O–H groups in total. The predicted octanol–water partition coefficient (Wildman–Crippen LogP) is 3.26. The van der Waals surface area contributed by atoms with Crippen LogP contribution >= 0.6 is 0 Å². The van der Waals surface area contributed by atoms with Crippen molar-refractivity contribution in [3.63, 3.8) is 0 Å². The van der Waals surface area contributed by atoms with Crippen molar-refractivity contribution in [2.24, 2.45) is 17.8 Å². The van der Waals surface area contributed by atoms with E-state index < -0.39 is 54.7 Å². The van der Waals surface area contributed by atoms with Crippen LogP contribution < -0.4 is 0 Å². The topological polar surface area (TPSA) is 99.1 Å². The van der Waals surface area contributed by atoms with Crippen molar-refractivity contribution in [1.29, 1.82) is 0 Å². The molecule has 164 valence electrons. The van der Waals surface area contributed by atoms with Gasteiger partial charge in [0, 0.05) is 0 Å². The lowest BCUT2D eigenvalue weighted by Gasteiger charge is -2.29. The highest BCUT2D eigenvalue weighted by atomic mass is 16.6. The highest BCUT2D eigenvalue weighted by molar-refractivity contribution is 5.90. The minimum Gasteiger partial charge on any atom is -0.462 e. The summed E-state index contributed by atoms with van der Waals surface area (Å²) >= 11 is 0. The van der Waals surface area contributed by atoms with Crippen molar-refractivity contribution in [1.82, 2.24) is 0 Å². The van der Waals surface area contributed by atoms with Crippen molar-refractivity contribution >= 4 is 17.9 Å². The van der Waals surface area contributed by atoms with Gasteiger partial charge in [0.1, 0.15) is 18.3 Å². The van der Waals surface area contributed by atoms with Crippen molar-refractivity contribution in [3.8, 4) is 0 Å². The van der Waals surface area contributed by atoms with Gasteiger partial charge in [0.05, 0.1) is 12.8 Å². The molecule has 0 aliphatic carbocycles. The zero-order valence-electron chi connectivity index (χ0n) is 18.8. The molecule has 0 fully saturated rings. The summed E-state index contributed by atoms with van der Waals surface area (Å²) in [5.74, 6) is -2.43. The van der Waals surface area contributed by atoms with Gasteiger partial charge in [0.25, 0.3) is 0 Å². The van der Waals surface area contributed by atoms with Gasteiger partial charge in [0.2, 0.25) is 0 Å². The number of esters is 3. The first-order valence-corrected chi connectivity index (χ1v) is 10.0. The van der Waals surface area contributed by atoms with Gasteiger partial charge in [-0.1, -0.05) is 41.5 Å². The van der Waals surface area contributed by atoms with Crippen molar-refractivity contribution < 1.29 is 33.7 Å². The molecule has 0 spiro atoms. The molecular weight excluding hydrogens is 364 g/mol. The molecule has 0 saturated heterocycles. The quantitative estimate of drug-likeness (QED) is 0.418. The van der Waals surface area contributed by atoms with Crippen molar-refractivity contribution in [2.75, 3.05) is 0 Å². The fourth-order valence-electron chi connectivity index (χ4n) is 1.87. The molecule has 3 atom stereocenters. The van der Waals surface area contributed by atoms with Crippen LogP contribution in [0.5, 0.6) is 0 Å². The lowest BCUT2D eigenvalue weighted by molar-refractivity contribution is -0.185. The highest BCUT2D eigenvalue weighted by Gasteiger charge is 2.44. The Balaban J connectivity index is 5.37. The molecule has 0 aliphatic heterocycles. The number of hydrogen-bond donors (Lipinski definition) is 1. The minimum absolute atomic E-state index is 0.00836. The highest BCUT2D eigenvalue weighted by Crippen LogP contribution is 2.23. The van der Waals surface area contributed by atoms with Crippen molar-refractivity contribution in [3.05, 3.63) is 0 Å². The second-order valence-electron chi connectivity index (χ2n) is 8.62. The van der Waals surface area contributed by atoms with Gasteiger partial charge < -0.3 is 19.3 Å². The maximum absolute atomic E-state index is 12.6. The summed E-state index contributed by atoms with van der Waals surface area (Å²) in [5, 5.41) is 10.9. The van der Waals surface area contributed by atoms with Crippen LogP contribution in [-0.2, 0) is 28.6 Å². The van der Waals surface area contributed by atoms with Crippen LogP contribution in [0.2, 0.25) is 0 Å². The van der Waals surface area contributed by atoms with E-state index in [1.54, 1.807) is 20.8 Å². The Morgan fingerprint density at radius 1 is 0.643 bits per heavy atom. The summed E-state index contributed by atoms with van der Waals surface area (Å²) in [6.45, 7) is 16.4. The van der Waals surface area contributed by atoms with E-state index in [-0.39, 0.29) is 17.8 Å². The average molecular weight is 403 g/mol. The van der Waals surface area contributed by atoms with E-state index in [2.05, 4.69) is 0 Å². The number of rotatable bonds is 11. The molecule has 0 aromatic rings. The van der Waals surface area contributed by atoms with E-state index in [0.29, 0.717) is 0 Å². The molecule has 7 nitrogen and oxygen atoms in total. The summed E-state index contributed by atoms with van der Waals surface area (Å²) in [7, 11) is 0. The SMILES string of the molecule is CC(C)C(C)OC(=O)CC(O)(CC(=O)OC(C)C(C)C)C(=O)OC(C)C(C)C. The van der Waals surface area contributed by atoms with Gasteiger partial charge in [0.15, 0.2) is 5.60 Å². The summed E-state index contributed by atoms with van der Waals surface area (Å²) in [4.78, 5) is 37.1. The molecule has 0 amide bonds. The Labute approximate surface area is 169 Å². The molecule has 0 saturated carbocycles. The molecule has 3 unspecified atom stereocenters. The largest absolute Gasteiger partial charge is 0.462 e. The third kappa shape index (κ3) is 9.04. The zero-order valence-corrected chi connectivity index (χ0v) is 18.8. The van der Waals surface area contributed by atoms with Gasteiger partial charge in [-0.3, -0.25) is 9.59 Å². The van der Waals surface area contributed by atoms with E-state index in [4.69, 9.17) is 14.2 Å². The Hall–Kier alpha value is -1.63. The average Bonchev–Trinajstić information content (AvgIpc) is 2.53. The molecule has 28 heavy (non-hydrogen) atoms. The first-order chi connectivity index (χ1) is 12.7. The minimum atomic E-state index is -2.34. The fraction of sp³-hybridized carbons (Fsp3) is 0.857. The second-order valence-corrected chi connectivity index (χ2v) is 8.62. The first kappa shape index (κ1) is 26.4. The maximum Gasteiger partial charge on any atom is 0.339 e. The standard InChI is InChI=1S/C21H38O7/c1-12(2)15(7)26-18(22)10-21(25,20(24)28-17(9)14(5)6)11-19(23)27-16(8)13(3)4/h12-17,25H,10-11H2,1-9H3. The summed E-state index contributed by atoms with van der Waals surface area (Å²) in [6, 6.07) is 0. The van der Waals surface area contributed by atoms with Gasteiger partial charge in [-0.25, -0.2) is 4.79 Å². The number of ether oxygens (including phenoxy) is 3. The smallest absolute Gasteiger partial charge is 0.339 e. The van der Waals surface area contributed by atoms with Crippen LogP contribution in [0.4, 0.5) is 0 Å². The summed E-state index contributed by atoms with van der Waals surface area (Å²) in [5.41, 5.74) is -2.34. The molecule has 0 rings (SSSR count). The Morgan fingerprint density at radius 2 is 0.929 bits per heavy atom. The van der Waals surface area contributed by atoms with Gasteiger partial charge in [-0.05, 0) is 38.5 Å². The number of aliphatic hydroxyl groups is 1. The molecule has 0 bridgehead atoms. The Morgan fingerprint density at radius 3 is 1.21 bits per heavy atom. The van der Waals surface area contributed by atoms with Crippen LogP contribution in [0.1, 0.15) is 75.2 Å². The molecule has 0 aromatic heterocycles. The molecule has 0 radical (unpaired) electrons. The molecular formula is C21H38O7. The predicted molar refractivity (Wildman–Crippen MR) is 105 cm³/mol. The third-order valence-corrected chi connectivity index (χ3v) is 5.00. The third-order valence-electron chi connectivity index (χ3n) is 5.00. The molecule has 0 aromatic carbocycles. The lowest BCUT2D eigenvalue weighted by atomic mass is 9.95. The van der Waals surface area contributed by atoms with E-state index in [1.165, 1.54) is 0 Å². The number of carbonyl (C=O) groups excluding carboxylic acids is 3. The first-order valence-electron chi connectivity index (χ1n) is 10.0. The van der Waals surface area contributed by atoms with Crippen LogP contribution in [0.3, 0.4) is 0 Å². The van der Waals surface area contributed by atoms with Crippen LogP contribution in [0.25, 0.3) is 0 Å². The van der Waals surface area contributed by atoms with Crippen LogP contribution in [0.15, 0.2) is 0 Å². The second kappa shape index (κ2) is 11.4. The van der Waals surface area contributed by atoms with Crippen LogP contribution in [-0.4, -0.2) is 46.9 Å². The van der Waals surface area contributed by atoms with E-state index in [1.807, 2.05) is 41.5 Å². The number of carbonyl (C=O) groups is 3. The van der Waals surface area contributed by atoms with Crippen molar-refractivity contribution in [2.45, 2.75) is 99.1 Å². The van der Waals surface area contributed by atoms with Gasteiger partial charge >= 0.3 is 17.9 Å². The van der Waals surface area contributed by atoms with Gasteiger partial charge in [-0.15, -0.1) is 0 Å². The Bertz CT molecular complexity index is 495. The van der Waals surface area contributed by atoms with Crippen LogP contribution in [0, 0.1) is 17.8 Å². The van der Waals surface area contributed by atoms with E-state index >= 15 is 0 Å². The molecule has 0 heterocycles. The normalized spacial score (nSPS) is 17.0. The molecule has 7 heteroatoms. The van der Waals surface area contributed by atoms with Gasteiger partial charge in [-0.2, -0.15) is 0 Å². The summed E-state index contributed by atoms with van der Waals surface area (Å²) < 4.78 is 15.8. The lowest BCUT2D eigenvalue weighted by Crippen LogP contribution is -2.47.